The van der Waals surface area contributed by atoms with E-state index in [9.17, 15) is 26.3 Å². The first-order valence-electron chi connectivity index (χ1n) is 26.3. The Balaban J connectivity index is 0.000000190. The number of hydrogen-bond acceptors (Lipinski definition) is 12. The van der Waals surface area contributed by atoms with E-state index in [-0.39, 0.29) is 34.4 Å². The van der Waals surface area contributed by atoms with Crippen molar-refractivity contribution >= 4 is 45.3 Å². The highest BCUT2D eigenvalue weighted by Gasteiger charge is 2.37. The van der Waals surface area contributed by atoms with Crippen LogP contribution < -0.4 is 29.6 Å². The lowest BCUT2D eigenvalue weighted by atomic mass is 9.70. The smallest absolute Gasteiger partial charge is 0.475 e. The summed E-state index contributed by atoms with van der Waals surface area (Å²) in [6, 6.07) is 23.9. The number of ether oxygens (including phenoxy) is 4. The first-order valence-corrected chi connectivity index (χ1v) is 26.3. The standard InChI is InChI=1S/2C29H33F3N4O3/c2*1-6-37-26-25(18(3)39-35-26)19-7-12-24-23(14-19)34-27(36(24)21-13-17(2)15-28(4,5)16-21)33-20-8-10-22(11-9-20)38-29(30,31)32/h2*7-12,14,17,21H,6,13,15-16H2,1-5H3,(H,33,34)/t2*17-,21+/m10/s1. The van der Waals surface area contributed by atoms with Crippen LogP contribution in [0.3, 0.4) is 0 Å². The first-order chi connectivity index (χ1) is 36.8. The third kappa shape index (κ3) is 12.8. The number of nitrogens with zero attached hydrogens (tertiary/aromatic N) is 6. The Morgan fingerprint density at radius 2 is 0.936 bits per heavy atom. The molecule has 4 aromatic heterocycles. The Morgan fingerprint density at radius 1 is 0.564 bits per heavy atom. The molecule has 0 spiro atoms. The fraction of sp³-hybridized carbons (Fsp3) is 0.448. The maximum Gasteiger partial charge on any atom is 0.573 e. The molecule has 2 aliphatic rings. The van der Waals surface area contributed by atoms with E-state index in [2.05, 4.69) is 93.2 Å². The summed E-state index contributed by atoms with van der Waals surface area (Å²) < 4.78 is 110. The number of nitrogens with one attached hydrogen (secondary N) is 2. The minimum Gasteiger partial charge on any atom is -0.475 e. The molecule has 14 nitrogen and oxygen atoms in total. The van der Waals surface area contributed by atoms with E-state index in [4.69, 9.17) is 28.5 Å². The van der Waals surface area contributed by atoms with Gasteiger partial charge in [-0.2, -0.15) is 0 Å². The Kier molecular flexibility index (Phi) is 15.5. The normalized spacial score (nSPS) is 19.3. The number of rotatable bonds is 14. The van der Waals surface area contributed by atoms with Crippen LogP contribution in [0.25, 0.3) is 44.3 Å². The van der Waals surface area contributed by atoms with Crippen molar-refractivity contribution in [2.75, 3.05) is 23.8 Å². The molecule has 4 atom stereocenters. The average molecular weight is 1090 g/mol. The van der Waals surface area contributed by atoms with Crippen molar-refractivity contribution < 1.29 is 54.3 Å². The molecule has 2 fully saturated rings. The fourth-order valence-corrected chi connectivity index (χ4v) is 12.0. The van der Waals surface area contributed by atoms with E-state index >= 15 is 0 Å². The van der Waals surface area contributed by atoms with Crippen LogP contribution in [0.5, 0.6) is 23.3 Å². The van der Waals surface area contributed by atoms with E-state index < -0.39 is 12.7 Å². The minimum absolute atomic E-state index is 0.165. The van der Waals surface area contributed by atoms with Gasteiger partial charge in [0.05, 0.1) is 46.4 Å². The van der Waals surface area contributed by atoms with Gasteiger partial charge in [0.25, 0.3) is 11.8 Å². The summed E-state index contributed by atoms with van der Waals surface area (Å²) in [6.45, 7) is 22.1. The number of aromatic nitrogens is 6. The molecule has 416 valence electrons. The zero-order chi connectivity index (χ0) is 55.9. The second-order valence-electron chi connectivity index (χ2n) is 22.3. The molecule has 8 aromatic rings. The van der Waals surface area contributed by atoms with Crippen molar-refractivity contribution in [3.05, 3.63) is 96.4 Å². The number of halogens is 6. The predicted octanol–water partition coefficient (Wildman–Crippen LogP) is 16.9. The third-order valence-electron chi connectivity index (χ3n) is 14.3. The molecule has 0 aliphatic heterocycles. The van der Waals surface area contributed by atoms with Gasteiger partial charge in [-0.1, -0.05) is 53.7 Å². The van der Waals surface area contributed by atoms with Crippen molar-refractivity contribution in [2.45, 2.75) is 133 Å². The SMILES string of the molecule is CCOc1noc(C)c1-c1ccc2c(c1)nc(Nc1ccc(OC(F)(F)F)cc1)n2[C@@H]1C[C@H](C)CC(C)(C)C1.CCOc1noc(C)c1-c1ccc2c(c1)nc(Nc1ccc(OC(F)(F)F)cc1)n2[C@H]1C[C@@H](C)CC(C)(C)C1. The van der Waals surface area contributed by atoms with Gasteiger partial charge < -0.3 is 47.8 Å². The molecule has 2 saturated carbocycles. The Morgan fingerprint density at radius 3 is 1.27 bits per heavy atom. The molecule has 0 unspecified atom stereocenters. The average Bonchev–Trinajstić information content (AvgIpc) is 4.17. The lowest BCUT2D eigenvalue weighted by Gasteiger charge is -2.40. The molecular formula is C58H66F6N8O6. The number of hydrogen-bond donors (Lipinski definition) is 2. The van der Waals surface area contributed by atoms with Crippen LogP contribution in [0.4, 0.5) is 49.6 Å². The molecule has 4 aromatic carbocycles. The third-order valence-corrected chi connectivity index (χ3v) is 14.3. The van der Waals surface area contributed by atoms with Crippen LogP contribution in [-0.2, 0) is 0 Å². The molecule has 2 aliphatic carbocycles. The van der Waals surface area contributed by atoms with E-state index in [1.807, 2.05) is 52.0 Å². The van der Waals surface area contributed by atoms with Gasteiger partial charge in [0.1, 0.15) is 23.0 Å². The van der Waals surface area contributed by atoms with E-state index in [1.165, 1.54) is 24.3 Å². The molecule has 0 radical (unpaired) electrons. The number of anilines is 4. The summed E-state index contributed by atoms with van der Waals surface area (Å²) in [6.07, 6.45) is -3.21. The molecular weight excluding hydrogens is 1020 g/mol. The molecule has 20 heteroatoms. The number of benzene rings is 4. The van der Waals surface area contributed by atoms with Gasteiger partial charge in [0.2, 0.25) is 11.9 Å². The second-order valence-corrected chi connectivity index (χ2v) is 22.3. The Bertz CT molecular complexity index is 3140. The summed E-state index contributed by atoms with van der Waals surface area (Å²) in [7, 11) is 0. The Hall–Kier alpha value is -7.38. The van der Waals surface area contributed by atoms with Gasteiger partial charge in [-0.25, -0.2) is 9.97 Å². The second kappa shape index (κ2) is 21.8. The largest absolute Gasteiger partial charge is 0.573 e. The van der Waals surface area contributed by atoms with Crippen molar-refractivity contribution in [3.8, 4) is 45.5 Å². The number of alkyl halides is 6. The maximum absolute atomic E-state index is 12.6. The summed E-state index contributed by atoms with van der Waals surface area (Å²) in [5.74, 6) is 3.98. The number of imidazole rings is 2. The highest BCUT2D eigenvalue weighted by molar-refractivity contribution is 5.88. The van der Waals surface area contributed by atoms with E-state index in [0.717, 1.165) is 82.8 Å². The minimum atomic E-state index is -4.74. The summed E-state index contributed by atoms with van der Waals surface area (Å²) >= 11 is 0. The van der Waals surface area contributed by atoms with E-state index in [0.29, 0.717) is 71.6 Å². The lowest BCUT2D eigenvalue weighted by molar-refractivity contribution is -0.275. The zero-order valence-corrected chi connectivity index (χ0v) is 45.4. The highest BCUT2D eigenvalue weighted by atomic mass is 19.4. The van der Waals surface area contributed by atoms with Crippen LogP contribution in [0.2, 0.25) is 0 Å². The van der Waals surface area contributed by atoms with Crippen LogP contribution in [0.1, 0.15) is 118 Å². The topological polar surface area (TPSA) is 149 Å². The van der Waals surface area contributed by atoms with Crippen LogP contribution in [-0.4, -0.2) is 55.4 Å². The number of fused-ring (bicyclic) bond motifs is 2. The van der Waals surface area contributed by atoms with Gasteiger partial charge in [-0.3, -0.25) is 0 Å². The summed E-state index contributed by atoms with van der Waals surface area (Å²) in [4.78, 5) is 9.92. The summed E-state index contributed by atoms with van der Waals surface area (Å²) in [5, 5.41) is 14.8. The van der Waals surface area contributed by atoms with Gasteiger partial charge >= 0.3 is 12.7 Å². The van der Waals surface area contributed by atoms with Crippen molar-refractivity contribution in [3.63, 3.8) is 0 Å². The Labute approximate surface area is 448 Å². The van der Waals surface area contributed by atoms with Gasteiger partial charge in [-0.15, -0.1) is 26.3 Å². The lowest BCUT2D eigenvalue weighted by Crippen LogP contribution is -2.29. The van der Waals surface area contributed by atoms with Crippen LogP contribution in [0, 0.1) is 36.5 Å². The monoisotopic (exact) mass is 1080 g/mol. The molecule has 0 amide bonds. The van der Waals surface area contributed by atoms with Crippen LogP contribution in [0.15, 0.2) is 94.0 Å². The zero-order valence-electron chi connectivity index (χ0n) is 45.4. The maximum atomic E-state index is 12.6. The molecule has 0 saturated heterocycles. The first kappa shape index (κ1) is 55.4. The van der Waals surface area contributed by atoms with Gasteiger partial charge in [0.15, 0.2) is 0 Å². The van der Waals surface area contributed by atoms with Crippen LogP contribution >= 0.6 is 0 Å². The fourth-order valence-electron chi connectivity index (χ4n) is 12.0. The van der Waals surface area contributed by atoms with Crippen molar-refractivity contribution in [1.29, 1.82) is 0 Å². The molecule has 2 N–H and O–H groups in total. The molecule has 78 heavy (non-hydrogen) atoms. The van der Waals surface area contributed by atoms with Gasteiger partial charge in [-0.05, 0) is 183 Å². The molecule has 0 bridgehead atoms. The molecule has 10 rings (SSSR count). The van der Waals surface area contributed by atoms with Crippen molar-refractivity contribution in [1.82, 2.24) is 29.4 Å². The quantitative estimate of drug-likeness (QED) is 0.0999. The molecule has 4 heterocycles. The summed E-state index contributed by atoms with van der Waals surface area (Å²) in [5.41, 5.74) is 8.40. The van der Waals surface area contributed by atoms with E-state index in [1.54, 1.807) is 24.3 Å². The predicted molar refractivity (Wildman–Crippen MR) is 287 cm³/mol. The highest BCUT2D eigenvalue weighted by Crippen LogP contribution is 2.49. The van der Waals surface area contributed by atoms with Crippen molar-refractivity contribution in [2.24, 2.45) is 22.7 Å². The van der Waals surface area contributed by atoms with Gasteiger partial charge in [0, 0.05) is 23.5 Å². The number of aryl methyl sites for hydroxylation is 2.